The smallest absolute Gasteiger partial charge is 0.286 e. The fourth-order valence-corrected chi connectivity index (χ4v) is 11.5. The zero-order valence-corrected chi connectivity index (χ0v) is 34.2. The van der Waals surface area contributed by atoms with E-state index in [2.05, 4.69) is 26.1 Å². The number of fused-ring (bicyclic) bond motifs is 5. The second-order valence-corrected chi connectivity index (χ2v) is 19.7. The number of benzene rings is 2. The Hall–Kier alpha value is -3.68. The summed E-state index contributed by atoms with van der Waals surface area (Å²) in [5, 5.41) is 11.5. The highest BCUT2D eigenvalue weighted by Gasteiger charge is 2.44. The molecule has 2 N–H and O–H groups in total. The number of ether oxygens (including phenoxy) is 3. The molecule has 5 aliphatic rings. The van der Waals surface area contributed by atoms with Crippen LogP contribution in [0, 0.1) is 17.8 Å². The van der Waals surface area contributed by atoms with E-state index in [0.29, 0.717) is 57.2 Å². The molecule has 13 heteroatoms. The number of hydrogen-bond donors (Lipinski definition) is 2. The summed E-state index contributed by atoms with van der Waals surface area (Å²) >= 11 is 6.46. The van der Waals surface area contributed by atoms with Gasteiger partial charge in [0.2, 0.25) is 0 Å². The van der Waals surface area contributed by atoms with Crippen molar-refractivity contribution in [1.82, 2.24) is 9.29 Å². The number of aliphatic hydroxyl groups is 1. The van der Waals surface area contributed by atoms with Gasteiger partial charge in [-0.3, -0.25) is 14.3 Å². The molecule has 2 aliphatic carbocycles. The first-order valence-corrected chi connectivity index (χ1v) is 21.8. The normalized spacial score (nSPS) is 33.4. The van der Waals surface area contributed by atoms with Gasteiger partial charge in [-0.15, -0.1) is 4.36 Å². The maximum atomic E-state index is 15.1. The molecule has 300 valence electrons. The Bertz CT molecular complexity index is 2180. The van der Waals surface area contributed by atoms with Crippen molar-refractivity contribution in [1.29, 1.82) is 0 Å². The Kier molecular flexibility index (Phi) is 10.7. The first-order valence-electron chi connectivity index (χ1n) is 19.9. The molecule has 11 nitrogen and oxygen atoms in total. The van der Waals surface area contributed by atoms with Crippen molar-refractivity contribution in [2.45, 2.75) is 94.8 Å². The summed E-state index contributed by atoms with van der Waals surface area (Å²) in [7, 11) is -2.06. The molecule has 0 radical (unpaired) electrons. The number of aromatic nitrogens is 1. The average Bonchev–Trinajstić information content (AvgIpc) is 3.50. The largest absolute Gasteiger partial charge is 0.490 e. The molecular formula is C43H53ClN4O7S. The van der Waals surface area contributed by atoms with Crippen molar-refractivity contribution in [3.8, 4) is 5.75 Å². The number of hydrogen-bond acceptors (Lipinski definition) is 8. The lowest BCUT2D eigenvalue weighted by molar-refractivity contribution is -0.112. The average molecular weight is 805 g/mol. The Morgan fingerprint density at radius 2 is 2.00 bits per heavy atom. The van der Waals surface area contributed by atoms with Crippen LogP contribution in [0.5, 0.6) is 5.75 Å². The first kappa shape index (κ1) is 39.2. The van der Waals surface area contributed by atoms with Gasteiger partial charge in [0.15, 0.2) is 0 Å². The number of anilines is 1. The molecular weight excluding hydrogens is 752 g/mol. The van der Waals surface area contributed by atoms with E-state index in [9.17, 15) is 14.7 Å². The number of carbonyl (C=O) groups is 2. The van der Waals surface area contributed by atoms with Gasteiger partial charge in [-0.05, 0) is 118 Å². The number of halogens is 1. The Balaban J connectivity index is 1.17. The van der Waals surface area contributed by atoms with Crippen LogP contribution in [0.15, 0.2) is 65.2 Å². The van der Waals surface area contributed by atoms with Gasteiger partial charge in [0.05, 0.1) is 49.0 Å². The zero-order chi connectivity index (χ0) is 39.4. The quantitative estimate of drug-likeness (QED) is 0.273. The number of rotatable bonds is 4. The number of carbonyl (C=O) groups excluding carboxylic acids is 2. The third-order valence-corrected chi connectivity index (χ3v) is 15.7. The topological polar surface area (TPSA) is 132 Å². The lowest BCUT2D eigenvalue weighted by Crippen LogP contribution is -2.49. The van der Waals surface area contributed by atoms with Crippen molar-refractivity contribution in [3.63, 3.8) is 0 Å². The van der Waals surface area contributed by atoms with Gasteiger partial charge < -0.3 is 28.8 Å². The van der Waals surface area contributed by atoms with Crippen LogP contribution in [0.1, 0.15) is 90.4 Å². The summed E-state index contributed by atoms with van der Waals surface area (Å²) < 4.78 is 42.2. The molecule has 56 heavy (non-hydrogen) atoms. The number of nitrogens with zero attached hydrogens (tertiary/aromatic N) is 3. The molecule has 4 heterocycles. The van der Waals surface area contributed by atoms with E-state index >= 15 is 4.21 Å². The molecule has 3 aromatic rings. The molecule has 8 atom stereocenters. The molecule has 0 saturated heterocycles. The first-order chi connectivity index (χ1) is 26.8. The Morgan fingerprint density at radius 3 is 2.79 bits per heavy atom. The third-order valence-electron chi connectivity index (χ3n) is 13.0. The molecule has 1 saturated carbocycles. The summed E-state index contributed by atoms with van der Waals surface area (Å²) in [4.78, 5) is 30.5. The van der Waals surface area contributed by atoms with Gasteiger partial charge >= 0.3 is 0 Å². The summed E-state index contributed by atoms with van der Waals surface area (Å²) in [5.74, 6) is -0.517. The highest BCUT2D eigenvalue weighted by Crippen LogP contribution is 2.47. The fraction of sp³-hybridized carbons (Fsp3) is 0.535. The minimum Gasteiger partial charge on any atom is -0.490 e. The van der Waals surface area contributed by atoms with E-state index in [-0.39, 0.29) is 28.7 Å². The van der Waals surface area contributed by atoms with Crippen LogP contribution in [-0.4, -0.2) is 76.1 Å². The Morgan fingerprint density at radius 1 is 1.16 bits per heavy atom. The lowest BCUT2D eigenvalue weighted by atomic mass is 9.68. The Labute approximate surface area is 335 Å². The number of methoxy groups -OCH3 is 1. The molecule has 1 spiro atoms. The van der Waals surface area contributed by atoms with Gasteiger partial charge in [-0.1, -0.05) is 36.7 Å². The van der Waals surface area contributed by atoms with Gasteiger partial charge in [-0.25, -0.2) is 4.21 Å². The minimum atomic E-state index is -3.68. The predicted molar refractivity (Wildman–Crippen MR) is 217 cm³/mol. The lowest BCUT2D eigenvalue weighted by Gasteiger charge is -2.45. The van der Waals surface area contributed by atoms with E-state index in [1.54, 1.807) is 38.4 Å². The summed E-state index contributed by atoms with van der Waals surface area (Å²) in [6, 6.07) is 13.2. The SMILES string of the molecule is COCC1(C)Cn2cc(C(=O)NS3(=O)=NC(=O)c4ccc5c(c4)N(CC4CCC4C(O)/C=C/CC(C)C3C)CC3(CCCc4cc(Cl)ccc43)CO5)cc2CO1. The molecule has 2 aromatic carbocycles. The van der Waals surface area contributed by atoms with Gasteiger partial charge in [-0.2, -0.15) is 0 Å². The maximum absolute atomic E-state index is 15.1. The second kappa shape index (κ2) is 15.2. The van der Waals surface area contributed by atoms with Crippen LogP contribution in [0.4, 0.5) is 5.69 Å². The summed E-state index contributed by atoms with van der Waals surface area (Å²) in [5.41, 5.74) is 3.76. The number of nitrogens with one attached hydrogen (secondary N) is 1. The molecule has 2 amide bonds. The fourth-order valence-electron chi connectivity index (χ4n) is 9.44. The van der Waals surface area contributed by atoms with Crippen LogP contribution in [0.2, 0.25) is 5.02 Å². The van der Waals surface area contributed by atoms with Crippen molar-refractivity contribution in [3.05, 3.63) is 93.8 Å². The standard InChI is InChI=1S/C43H53ClN4O7S/c1-27-7-5-9-38(49)35-13-10-31(35)20-48-24-43(16-6-8-29-17-33(44)12-14-36(29)43)26-54-39-15-11-30(19-37(39)48)40(50)45-56(52,28(27)2)46-41(51)32-18-34-22-55-42(3,25-53-4)23-47(34)21-32/h5,9,11-12,14-15,17-19,21,27-28,31,35,38,49H,6-8,10,13,16,20,22-26H2,1-4H3,(H,45,46,50,51,52)/b9-5+. The number of aliphatic hydroxyl groups excluding tert-OH is 1. The van der Waals surface area contributed by atoms with Crippen LogP contribution < -0.4 is 14.4 Å². The van der Waals surface area contributed by atoms with E-state index in [4.69, 9.17) is 25.8 Å². The van der Waals surface area contributed by atoms with Crippen molar-refractivity contribution in [2.75, 3.05) is 38.3 Å². The number of aryl methyl sites for hydroxylation is 1. The highest BCUT2D eigenvalue weighted by molar-refractivity contribution is 7.93. The van der Waals surface area contributed by atoms with E-state index in [1.165, 1.54) is 11.1 Å². The molecule has 1 fully saturated rings. The van der Waals surface area contributed by atoms with Crippen LogP contribution in [0.3, 0.4) is 0 Å². The van der Waals surface area contributed by atoms with E-state index < -0.39 is 38.7 Å². The number of allylic oxidation sites excluding steroid dienone is 1. The van der Waals surface area contributed by atoms with Crippen molar-refractivity contribution >= 4 is 39.0 Å². The van der Waals surface area contributed by atoms with Gasteiger partial charge in [0.1, 0.15) is 21.3 Å². The van der Waals surface area contributed by atoms with Gasteiger partial charge in [0.25, 0.3) is 11.8 Å². The monoisotopic (exact) mass is 804 g/mol. The van der Waals surface area contributed by atoms with Gasteiger partial charge in [0, 0.05) is 48.1 Å². The summed E-state index contributed by atoms with van der Waals surface area (Å²) in [6.45, 7) is 8.62. The van der Waals surface area contributed by atoms with E-state index in [0.717, 1.165) is 48.5 Å². The molecule has 8 rings (SSSR count). The van der Waals surface area contributed by atoms with Crippen LogP contribution >= 0.6 is 11.6 Å². The molecule has 1 aromatic heterocycles. The third kappa shape index (κ3) is 7.43. The van der Waals surface area contributed by atoms with E-state index in [1.807, 2.05) is 42.7 Å². The highest BCUT2D eigenvalue weighted by atomic mass is 35.5. The van der Waals surface area contributed by atoms with Crippen molar-refractivity contribution in [2.24, 2.45) is 22.1 Å². The zero-order valence-electron chi connectivity index (χ0n) is 32.7. The second-order valence-electron chi connectivity index (χ2n) is 17.0. The maximum Gasteiger partial charge on any atom is 0.286 e. The number of amides is 2. The van der Waals surface area contributed by atoms with Crippen molar-refractivity contribution < 1.29 is 33.1 Å². The minimum absolute atomic E-state index is 0.0854. The molecule has 8 unspecified atom stereocenters. The molecule has 3 aliphatic heterocycles. The molecule has 2 bridgehead atoms. The summed E-state index contributed by atoms with van der Waals surface area (Å²) in [6.07, 6.45) is 10.2. The van der Waals surface area contributed by atoms with Crippen LogP contribution in [-0.2, 0) is 44.4 Å². The predicted octanol–water partition coefficient (Wildman–Crippen LogP) is 6.87. The van der Waals surface area contributed by atoms with Crippen LogP contribution in [0.25, 0.3) is 0 Å².